The van der Waals surface area contributed by atoms with Crippen LogP contribution in [-0.4, -0.2) is 64.1 Å². The Bertz CT molecular complexity index is 883. The second-order valence-electron chi connectivity index (χ2n) is 11.3. The van der Waals surface area contributed by atoms with Crippen LogP contribution in [0.15, 0.2) is 12.2 Å². The molecule has 2 spiro atoms. The molecule has 3 N–H and O–H groups in total. The third-order valence-electron chi connectivity index (χ3n) is 9.64. The monoisotopic (exact) mass is 450 g/mol. The minimum atomic E-state index is -2.10. The Morgan fingerprint density at radius 2 is 1.75 bits per heavy atom. The molecule has 6 aliphatic rings. The summed E-state index contributed by atoms with van der Waals surface area (Å²) < 4.78 is 17.7. The molecule has 8 heteroatoms. The van der Waals surface area contributed by atoms with Gasteiger partial charge in [0.05, 0.1) is 24.2 Å². The first-order valence-corrected chi connectivity index (χ1v) is 11.6. The van der Waals surface area contributed by atoms with Crippen LogP contribution in [0.25, 0.3) is 0 Å². The van der Waals surface area contributed by atoms with Crippen LogP contribution >= 0.6 is 0 Å². The van der Waals surface area contributed by atoms with Crippen molar-refractivity contribution in [1.82, 2.24) is 0 Å². The molecule has 0 aromatic rings. The molecule has 178 valence electrons. The number of aliphatic hydroxyl groups is 3. The fourth-order valence-electron chi connectivity index (χ4n) is 8.75. The molecule has 0 amide bonds. The molecule has 8 nitrogen and oxygen atoms in total. The zero-order valence-electron chi connectivity index (χ0n) is 19.2. The highest BCUT2D eigenvalue weighted by Crippen LogP contribution is 2.78. The predicted octanol–water partition coefficient (Wildman–Crippen LogP) is 1.31. The van der Waals surface area contributed by atoms with Gasteiger partial charge in [-0.3, -0.25) is 9.59 Å². The number of carbonyl (C=O) groups is 2. The van der Waals surface area contributed by atoms with E-state index in [2.05, 4.69) is 20.4 Å². The molecule has 4 aliphatic carbocycles. The van der Waals surface area contributed by atoms with Gasteiger partial charge < -0.3 is 29.5 Å². The molecule has 0 aromatic carbocycles. The van der Waals surface area contributed by atoms with Gasteiger partial charge >= 0.3 is 11.9 Å². The van der Waals surface area contributed by atoms with E-state index in [1.165, 1.54) is 13.8 Å². The van der Waals surface area contributed by atoms with E-state index in [0.717, 1.165) is 0 Å². The number of aliphatic hydroxyl groups excluding tert-OH is 2. The van der Waals surface area contributed by atoms with Gasteiger partial charge in [-0.1, -0.05) is 20.4 Å². The summed E-state index contributed by atoms with van der Waals surface area (Å²) in [4.78, 5) is 24.4. The summed E-state index contributed by atoms with van der Waals surface area (Å²) in [6, 6.07) is 0. The van der Waals surface area contributed by atoms with Crippen molar-refractivity contribution in [1.29, 1.82) is 0 Å². The standard InChI is InChI=1S/C24H34O8/c1-11-14-6-7-15-22-10-30-24(29,23(15,18(14)28)19(11)31-12(2)25)20(32-13(3)26)17(22)21(4,5)9-8-16(22)27/h14-20,27-29H,1,6-10H2,2-5H3/t14-,15-,16+,17+,18+,19+,20-,22+,23+,24-/m0/s1. The zero-order valence-corrected chi connectivity index (χ0v) is 19.2. The molecule has 10 atom stereocenters. The van der Waals surface area contributed by atoms with E-state index >= 15 is 0 Å². The Hall–Kier alpha value is -1.48. The van der Waals surface area contributed by atoms with Crippen LogP contribution in [0.1, 0.15) is 53.4 Å². The topological polar surface area (TPSA) is 123 Å². The molecule has 4 bridgehead atoms. The van der Waals surface area contributed by atoms with Gasteiger partial charge in [0.1, 0.15) is 6.10 Å². The quantitative estimate of drug-likeness (QED) is 0.425. The van der Waals surface area contributed by atoms with Gasteiger partial charge in [-0.05, 0) is 42.6 Å². The van der Waals surface area contributed by atoms with Crippen LogP contribution in [0.4, 0.5) is 0 Å². The van der Waals surface area contributed by atoms with Crippen molar-refractivity contribution in [3.63, 3.8) is 0 Å². The van der Waals surface area contributed by atoms with E-state index in [1.54, 1.807) is 0 Å². The number of esters is 2. The molecular weight excluding hydrogens is 416 g/mol. The molecule has 0 aromatic heterocycles. The largest absolute Gasteiger partial charge is 0.457 e. The average molecular weight is 451 g/mol. The fraction of sp³-hybridized carbons (Fsp3) is 0.833. The van der Waals surface area contributed by atoms with Gasteiger partial charge in [0, 0.05) is 31.1 Å². The van der Waals surface area contributed by atoms with Crippen molar-refractivity contribution in [2.45, 2.75) is 83.6 Å². The first-order chi connectivity index (χ1) is 14.9. The van der Waals surface area contributed by atoms with E-state index in [0.29, 0.717) is 31.3 Å². The lowest BCUT2D eigenvalue weighted by atomic mass is 9.35. The summed E-state index contributed by atoms with van der Waals surface area (Å²) in [5.74, 6) is -4.42. The maximum atomic E-state index is 12.4. The van der Waals surface area contributed by atoms with Gasteiger partial charge in [0.2, 0.25) is 5.79 Å². The summed E-state index contributed by atoms with van der Waals surface area (Å²) in [7, 11) is 0. The van der Waals surface area contributed by atoms with Crippen LogP contribution in [0.5, 0.6) is 0 Å². The van der Waals surface area contributed by atoms with Gasteiger partial charge in [-0.25, -0.2) is 0 Å². The summed E-state index contributed by atoms with van der Waals surface area (Å²) in [5.41, 5.74) is -2.19. The highest BCUT2D eigenvalue weighted by molar-refractivity contribution is 5.67. The fourth-order valence-corrected chi connectivity index (χ4v) is 8.75. The van der Waals surface area contributed by atoms with Gasteiger partial charge in [0.15, 0.2) is 6.10 Å². The lowest BCUT2D eigenvalue weighted by Gasteiger charge is -2.75. The average Bonchev–Trinajstić information content (AvgIpc) is 2.80. The smallest absolute Gasteiger partial charge is 0.303 e. The van der Waals surface area contributed by atoms with Crippen LogP contribution in [0.3, 0.4) is 0 Å². The number of hydrogen-bond donors (Lipinski definition) is 3. The number of carbonyl (C=O) groups excluding carboxylic acids is 2. The Balaban J connectivity index is 1.81. The minimum absolute atomic E-state index is 0.0829. The number of rotatable bonds is 2. The summed E-state index contributed by atoms with van der Waals surface area (Å²) in [6.45, 7) is 10.9. The summed E-state index contributed by atoms with van der Waals surface area (Å²) >= 11 is 0. The van der Waals surface area contributed by atoms with E-state index < -0.39 is 64.8 Å². The van der Waals surface area contributed by atoms with E-state index in [-0.39, 0.29) is 17.9 Å². The lowest BCUT2D eigenvalue weighted by molar-refractivity contribution is -0.476. The minimum Gasteiger partial charge on any atom is -0.457 e. The van der Waals surface area contributed by atoms with Crippen molar-refractivity contribution in [3.05, 3.63) is 12.2 Å². The van der Waals surface area contributed by atoms with Crippen molar-refractivity contribution in [2.24, 2.45) is 34.0 Å². The van der Waals surface area contributed by atoms with E-state index in [9.17, 15) is 24.9 Å². The first-order valence-electron chi connectivity index (χ1n) is 11.6. The second kappa shape index (κ2) is 6.56. The van der Waals surface area contributed by atoms with Crippen molar-refractivity contribution < 1.29 is 39.1 Å². The normalized spacial score (nSPS) is 52.7. The molecule has 2 saturated heterocycles. The molecule has 0 unspecified atom stereocenters. The van der Waals surface area contributed by atoms with Crippen LogP contribution in [0.2, 0.25) is 0 Å². The Morgan fingerprint density at radius 1 is 1.09 bits per heavy atom. The SMILES string of the molecule is C=C1[C@@H](OC(C)=O)[C@]23[C@H](O)[C@H]1CC[C@H]2[C@@]12CO[C@@]3(O)[C@@H](OC(C)=O)[C@@H]1C(C)(C)CC[C@H]2O. The Labute approximate surface area is 187 Å². The number of hydrogen-bond acceptors (Lipinski definition) is 8. The Morgan fingerprint density at radius 3 is 2.38 bits per heavy atom. The second-order valence-corrected chi connectivity index (χ2v) is 11.3. The van der Waals surface area contributed by atoms with Crippen LogP contribution in [0, 0.1) is 34.0 Å². The van der Waals surface area contributed by atoms with Crippen molar-refractivity contribution >= 4 is 11.9 Å². The summed E-state index contributed by atoms with van der Waals surface area (Å²) in [5, 5.41) is 35.5. The highest BCUT2D eigenvalue weighted by Gasteiger charge is 2.88. The Kier molecular flexibility index (Phi) is 4.57. The van der Waals surface area contributed by atoms with Crippen LogP contribution < -0.4 is 0 Å². The molecule has 32 heavy (non-hydrogen) atoms. The molecule has 4 saturated carbocycles. The maximum Gasteiger partial charge on any atom is 0.303 e. The van der Waals surface area contributed by atoms with Crippen molar-refractivity contribution in [2.75, 3.05) is 6.61 Å². The zero-order chi connectivity index (χ0) is 23.4. The molecule has 6 fully saturated rings. The summed E-state index contributed by atoms with van der Waals surface area (Å²) in [6.07, 6.45) is -1.58. The van der Waals surface area contributed by atoms with E-state index in [4.69, 9.17) is 14.2 Å². The number of ether oxygens (including phenoxy) is 3. The predicted molar refractivity (Wildman–Crippen MR) is 111 cm³/mol. The maximum absolute atomic E-state index is 12.4. The first kappa shape index (κ1) is 22.3. The molecule has 0 radical (unpaired) electrons. The third kappa shape index (κ3) is 2.27. The number of fused-ring (bicyclic) bond motifs is 2. The highest BCUT2D eigenvalue weighted by atomic mass is 16.7. The van der Waals surface area contributed by atoms with Gasteiger partial charge in [0.25, 0.3) is 0 Å². The van der Waals surface area contributed by atoms with E-state index in [1.807, 2.05) is 0 Å². The van der Waals surface area contributed by atoms with Gasteiger partial charge in [-0.2, -0.15) is 0 Å². The molecule has 2 heterocycles. The van der Waals surface area contributed by atoms with Crippen LogP contribution in [-0.2, 0) is 23.8 Å². The lowest BCUT2D eigenvalue weighted by Crippen LogP contribution is -2.86. The molecule has 2 aliphatic heterocycles. The molecule has 6 rings (SSSR count). The molecular formula is C24H34O8. The third-order valence-corrected chi connectivity index (χ3v) is 9.64. The van der Waals surface area contributed by atoms with Crippen molar-refractivity contribution in [3.8, 4) is 0 Å². The van der Waals surface area contributed by atoms with Gasteiger partial charge in [-0.15, -0.1) is 0 Å².